The van der Waals surface area contributed by atoms with Gasteiger partial charge in [-0.15, -0.1) is 0 Å². The molecule has 0 saturated heterocycles. The Morgan fingerprint density at radius 2 is 0.814 bits per heavy atom. The molecule has 1 aliphatic rings. The standard InChI is InChI=1S/C33H21N9O/c34-25(43)22-14-7-15-23-24(22)33-41-31-21-13-6-5-12-20(21)29(39-31)37-27-17-9-2-1-8-16(17)26(35-27)36-28-18-10-3-4-11-19(18)30(38-28)40-32(23)42-33/h1-15H,(H2,34,43)(H4,35,36,37,38,39,40,41,42). The molecule has 1 amide bonds. The van der Waals surface area contributed by atoms with Gasteiger partial charge in [0.2, 0.25) is 5.91 Å². The van der Waals surface area contributed by atoms with Gasteiger partial charge in [-0.25, -0.2) is 20.0 Å². The van der Waals surface area contributed by atoms with Crippen LogP contribution in [0.3, 0.4) is 0 Å². The van der Waals surface area contributed by atoms with Crippen LogP contribution in [0.15, 0.2) is 111 Å². The van der Waals surface area contributed by atoms with E-state index in [2.05, 4.69) is 19.9 Å². The van der Waals surface area contributed by atoms with E-state index in [0.717, 1.165) is 37.7 Å². The maximum Gasteiger partial charge on any atom is 0.249 e. The summed E-state index contributed by atoms with van der Waals surface area (Å²) in [6.45, 7) is 0. The van der Waals surface area contributed by atoms with Crippen LogP contribution in [0.1, 0.15) is 10.4 Å². The third-order valence-corrected chi connectivity index (χ3v) is 7.98. The molecule has 10 heteroatoms. The molecule has 0 radical (unpaired) electrons. The SMILES string of the molecule is NC(=O)c1cccc2c3[nH]c(c12)N=c1[nH]c(c2ccccc12)=Nc1[nH]c(c2ccccc12)N=c1[nH]c(c2ccccc12)=N3. The molecule has 204 valence electrons. The van der Waals surface area contributed by atoms with Crippen LogP contribution in [0.25, 0.3) is 43.1 Å². The highest BCUT2D eigenvalue weighted by atomic mass is 16.1. The third kappa shape index (κ3) is 3.43. The minimum absolute atomic E-state index is 0.352. The highest BCUT2D eigenvalue weighted by molar-refractivity contribution is 6.13. The van der Waals surface area contributed by atoms with E-state index < -0.39 is 5.91 Å². The first-order valence-electron chi connectivity index (χ1n) is 13.8. The van der Waals surface area contributed by atoms with E-state index in [1.54, 1.807) is 12.1 Å². The molecule has 0 atom stereocenters. The predicted molar refractivity (Wildman–Crippen MR) is 165 cm³/mol. The molecule has 8 aromatic rings. The van der Waals surface area contributed by atoms with E-state index in [4.69, 9.17) is 25.7 Å². The van der Waals surface area contributed by atoms with Crippen molar-refractivity contribution in [1.29, 1.82) is 0 Å². The summed E-state index contributed by atoms with van der Waals surface area (Å²) < 4.78 is 0. The van der Waals surface area contributed by atoms with Crippen LogP contribution >= 0.6 is 0 Å². The van der Waals surface area contributed by atoms with Crippen LogP contribution in [-0.4, -0.2) is 25.8 Å². The number of nitrogens with two attached hydrogens (primary N) is 1. The van der Waals surface area contributed by atoms with Gasteiger partial charge in [0.05, 0.1) is 5.56 Å². The number of nitrogens with zero attached hydrogens (tertiary/aromatic N) is 4. The van der Waals surface area contributed by atoms with Crippen molar-refractivity contribution < 1.29 is 4.79 Å². The average molecular weight is 560 g/mol. The normalized spacial score (nSPS) is 12.7. The number of rotatable bonds is 1. The second kappa shape index (κ2) is 8.60. The molecule has 0 spiro atoms. The van der Waals surface area contributed by atoms with Crippen molar-refractivity contribution in [1.82, 2.24) is 19.9 Å². The molecule has 4 aromatic heterocycles. The number of carbonyl (C=O) groups excluding carboxylic acids is 1. The van der Waals surface area contributed by atoms with Gasteiger partial charge in [-0.3, -0.25) is 4.79 Å². The minimum Gasteiger partial charge on any atom is -0.366 e. The van der Waals surface area contributed by atoms with Crippen molar-refractivity contribution in [3.8, 4) is 0 Å². The predicted octanol–water partition coefficient (Wildman–Crippen LogP) is 4.83. The highest BCUT2D eigenvalue weighted by Gasteiger charge is 2.18. The Kier molecular flexibility index (Phi) is 4.69. The average Bonchev–Trinajstić information content (AvgIpc) is 3.76. The number of hydrogen-bond acceptors (Lipinski definition) is 5. The number of nitrogens with one attached hydrogen (secondary N) is 4. The maximum atomic E-state index is 12.6. The second-order valence-corrected chi connectivity index (χ2v) is 10.5. The van der Waals surface area contributed by atoms with Crippen LogP contribution in [0.4, 0.5) is 23.3 Å². The zero-order valence-corrected chi connectivity index (χ0v) is 22.4. The first kappa shape index (κ1) is 23.4. The van der Waals surface area contributed by atoms with Crippen LogP contribution < -0.4 is 27.7 Å². The number of aromatic amines is 4. The van der Waals surface area contributed by atoms with E-state index in [1.165, 1.54) is 0 Å². The molecule has 0 aliphatic carbocycles. The first-order chi connectivity index (χ1) is 21.1. The van der Waals surface area contributed by atoms with Crippen molar-refractivity contribution in [3.05, 3.63) is 119 Å². The molecule has 6 N–H and O–H groups in total. The van der Waals surface area contributed by atoms with Crippen molar-refractivity contribution in [2.45, 2.75) is 0 Å². The zero-order valence-electron chi connectivity index (χ0n) is 22.4. The van der Waals surface area contributed by atoms with Crippen molar-refractivity contribution in [2.24, 2.45) is 25.7 Å². The number of primary amides is 1. The summed E-state index contributed by atoms with van der Waals surface area (Å²) in [5, 5.41) is 6.80. The Balaban J connectivity index is 1.52. The topological polar surface area (TPSA) is 156 Å². The lowest BCUT2D eigenvalue weighted by Gasteiger charge is -1.99. The fourth-order valence-electron chi connectivity index (χ4n) is 6.03. The molecule has 1 aliphatic heterocycles. The third-order valence-electron chi connectivity index (χ3n) is 7.98. The van der Waals surface area contributed by atoms with Gasteiger partial charge in [0.15, 0.2) is 0 Å². The summed E-state index contributed by atoms with van der Waals surface area (Å²) in [5.74, 6) is 1.80. The summed E-state index contributed by atoms with van der Waals surface area (Å²) in [6.07, 6.45) is 0. The molecular formula is C33H21N9O. The van der Waals surface area contributed by atoms with Crippen LogP contribution in [-0.2, 0) is 0 Å². The summed E-state index contributed by atoms with van der Waals surface area (Å²) >= 11 is 0. The van der Waals surface area contributed by atoms with Crippen LogP contribution in [0, 0.1) is 0 Å². The van der Waals surface area contributed by atoms with Gasteiger partial charge < -0.3 is 25.7 Å². The molecule has 0 saturated carbocycles. The minimum atomic E-state index is -0.550. The maximum absolute atomic E-state index is 12.6. The Labute approximate surface area is 241 Å². The van der Waals surface area contributed by atoms with Gasteiger partial charge >= 0.3 is 0 Å². The van der Waals surface area contributed by atoms with Crippen molar-refractivity contribution in [2.75, 3.05) is 0 Å². The lowest BCUT2D eigenvalue weighted by atomic mass is 10.1. The lowest BCUT2D eigenvalue weighted by Crippen LogP contribution is -2.11. The monoisotopic (exact) mass is 559 g/mol. The largest absolute Gasteiger partial charge is 0.366 e. The van der Waals surface area contributed by atoms with Crippen LogP contribution in [0.2, 0.25) is 0 Å². The van der Waals surface area contributed by atoms with Crippen molar-refractivity contribution >= 4 is 72.3 Å². The molecule has 9 rings (SSSR count). The summed E-state index contributed by atoms with van der Waals surface area (Å²) in [5.41, 5.74) is 8.69. The summed E-state index contributed by atoms with van der Waals surface area (Å²) in [7, 11) is 0. The number of H-pyrrole nitrogens is 4. The molecular weight excluding hydrogens is 538 g/mol. The number of fused-ring (bicyclic) bond motifs is 20. The fraction of sp³-hybridized carbons (Fsp3) is 0. The van der Waals surface area contributed by atoms with E-state index in [9.17, 15) is 4.79 Å². The first-order valence-corrected chi connectivity index (χ1v) is 13.8. The number of benzene rings is 4. The lowest BCUT2D eigenvalue weighted by molar-refractivity contribution is 0.100. The van der Waals surface area contributed by atoms with Crippen molar-refractivity contribution in [3.63, 3.8) is 0 Å². The molecule has 0 fully saturated rings. The number of hydrogen-bond donors (Lipinski definition) is 5. The van der Waals surface area contributed by atoms with Gasteiger partial charge in [-0.05, 0) is 6.07 Å². The fourth-order valence-corrected chi connectivity index (χ4v) is 6.03. The van der Waals surface area contributed by atoms with Gasteiger partial charge in [0.25, 0.3) is 0 Å². The smallest absolute Gasteiger partial charge is 0.249 e. The van der Waals surface area contributed by atoms with Gasteiger partial charge in [-0.1, -0.05) is 84.9 Å². The van der Waals surface area contributed by atoms with Crippen LogP contribution in [0.5, 0.6) is 0 Å². The van der Waals surface area contributed by atoms with E-state index in [-0.39, 0.29) is 0 Å². The highest BCUT2D eigenvalue weighted by Crippen LogP contribution is 2.36. The molecule has 4 aromatic carbocycles. The van der Waals surface area contributed by atoms with Gasteiger partial charge in [-0.2, -0.15) is 0 Å². The molecule has 8 bridgehead atoms. The number of amides is 1. The Morgan fingerprint density at radius 1 is 0.442 bits per heavy atom. The summed E-state index contributed by atoms with van der Waals surface area (Å²) in [6, 6.07) is 29.3. The number of aromatic nitrogens is 4. The molecule has 0 unspecified atom stereocenters. The molecule has 5 heterocycles. The number of carbonyl (C=O) groups is 1. The Morgan fingerprint density at radius 3 is 1.28 bits per heavy atom. The second-order valence-electron chi connectivity index (χ2n) is 10.5. The molecule has 10 nitrogen and oxygen atoms in total. The Bertz CT molecular complexity index is 2720. The van der Waals surface area contributed by atoms with E-state index >= 15 is 0 Å². The zero-order chi connectivity index (χ0) is 28.7. The quantitative estimate of drug-likeness (QED) is 0.192. The Hall–Kier alpha value is -6.29. The van der Waals surface area contributed by atoms with Gasteiger partial charge in [0, 0.05) is 43.1 Å². The molecule has 43 heavy (non-hydrogen) atoms. The van der Waals surface area contributed by atoms with Gasteiger partial charge in [0.1, 0.15) is 45.2 Å². The van der Waals surface area contributed by atoms with E-state index in [1.807, 2.05) is 78.9 Å². The summed E-state index contributed by atoms with van der Waals surface area (Å²) in [4.78, 5) is 46.4. The van der Waals surface area contributed by atoms with E-state index in [0.29, 0.717) is 56.2 Å².